The molecule has 1 aliphatic heterocycles. The highest BCUT2D eigenvalue weighted by atomic mass is 79.9. The van der Waals surface area contributed by atoms with Crippen LogP contribution in [0.25, 0.3) is 0 Å². The van der Waals surface area contributed by atoms with Gasteiger partial charge in [-0.1, -0.05) is 27.5 Å². The molecule has 0 radical (unpaired) electrons. The van der Waals surface area contributed by atoms with E-state index in [9.17, 15) is 9.90 Å². The topological polar surface area (TPSA) is 58.6 Å². The average Bonchev–Trinajstić information content (AvgIpc) is 2.74. The van der Waals surface area contributed by atoms with Gasteiger partial charge in [0.05, 0.1) is 17.2 Å². The molecule has 1 atom stereocenters. The Hall–Kier alpha value is -0.620. The fraction of sp³-hybridized carbons (Fsp3) is 0.417. The SMILES string of the molecule is O=C(NCC1(O)CCOC1)c1ccc(Br)cc1Cl. The molecular formula is C12H13BrClNO3. The van der Waals surface area contributed by atoms with Crippen molar-refractivity contribution in [1.82, 2.24) is 5.32 Å². The summed E-state index contributed by atoms with van der Waals surface area (Å²) in [7, 11) is 0. The van der Waals surface area contributed by atoms with Crippen LogP contribution in [0, 0.1) is 0 Å². The number of halogens is 2. The molecular weight excluding hydrogens is 321 g/mol. The van der Waals surface area contributed by atoms with Crippen LogP contribution in [0.15, 0.2) is 22.7 Å². The molecule has 0 spiro atoms. The van der Waals surface area contributed by atoms with Crippen molar-refractivity contribution in [2.24, 2.45) is 0 Å². The Bertz CT molecular complexity index is 461. The number of hydrogen-bond acceptors (Lipinski definition) is 3. The number of nitrogens with one attached hydrogen (secondary N) is 1. The summed E-state index contributed by atoms with van der Waals surface area (Å²) in [5.41, 5.74) is -0.570. The largest absolute Gasteiger partial charge is 0.386 e. The second kappa shape index (κ2) is 5.57. The van der Waals surface area contributed by atoms with Gasteiger partial charge in [0.1, 0.15) is 5.60 Å². The molecule has 0 bridgehead atoms. The van der Waals surface area contributed by atoms with Gasteiger partial charge in [-0.15, -0.1) is 0 Å². The van der Waals surface area contributed by atoms with Crippen LogP contribution in [-0.2, 0) is 4.74 Å². The maximum absolute atomic E-state index is 11.9. The summed E-state index contributed by atoms with van der Waals surface area (Å²) in [4.78, 5) is 11.9. The maximum atomic E-state index is 11.9. The van der Waals surface area contributed by atoms with Gasteiger partial charge in [-0.25, -0.2) is 0 Å². The molecule has 1 unspecified atom stereocenters. The Labute approximate surface area is 118 Å². The standard InChI is InChI=1S/C12H13BrClNO3/c13-8-1-2-9(10(14)5-8)11(16)15-6-12(17)3-4-18-7-12/h1-2,5,17H,3-4,6-7H2,(H,15,16). The predicted octanol–water partition coefficient (Wildman–Crippen LogP) is 1.98. The molecule has 1 aliphatic rings. The third-order valence-electron chi connectivity index (χ3n) is 2.84. The van der Waals surface area contributed by atoms with Crippen LogP contribution < -0.4 is 5.32 Å². The molecule has 0 aromatic heterocycles. The second-order valence-corrected chi connectivity index (χ2v) is 5.66. The van der Waals surface area contributed by atoms with E-state index in [1.165, 1.54) is 0 Å². The van der Waals surface area contributed by atoms with Crippen molar-refractivity contribution in [3.05, 3.63) is 33.3 Å². The summed E-state index contributed by atoms with van der Waals surface area (Å²) in [5.74, 6) is -0.298. The molecule has 0 aliphatic carbocycles. The van der Waals surface area contributed by atoms with Crippen molar-refractivity contribution in [1.29, 1.82) is 0 Å². The normalized spacial score (nSPS) is 23.1. The van der Waals surface area contributed by atoms with E-state index in [0.29, 0.717) is 23.6 Å². The molecule has 98 valence electrons. The number of carbonyl (C=O) groups excluding carboxylic acids is 1. The summed E-state index contributed by atoms with van der Waals surface area (Å²) in [6.45, 7) is 0.936. The Morgan fingerprint density at radius 3 is 3.00 bits per heavy atom. The quantitative estimate of drug-likeness (QED) is 0.889. The highest BCUT2D eigenvalue weighted by Crippen LogP contribution is 2.22. The van der Waals surface area contributed by atoms with Crippen molar-refractivity contribution in [2.45, 2.75) is 12.0 Å². The van der Waals surface area contributed by atoms with Gasteiger partial charge in [-0.05, 0) is 18.2 Å². The van der Waals surface area contributed by atoms with E-state index >= 15 is 0 Å². The lowest BCUT2D eigenvalue weighted by atomic mass is 10.0. The summed E-state index contributed by atoms with van der Waals surface area (Å²) in [6.07, 6.45) is 0.529. The lowest BCUT2D eigenvalue weighted by Gasteiger charge is -2.20. The number of hydrogen-bond donors (Lipinski definition) is 2. The van der Waals surface area contributed by atoms with Crippen molar-refractivity contribution in [3.63, 3.8) is 0 Å². The zero-order valence-electron chi connectivity index (χ0n) is 9.58. The van der Waals surface area contributed by atoms with Gasteiger partial charge in [-0.3, -0.25) is 4.79 Å². The van der Waals surface area contributed by atoms with Crippen LogP contribution in [0.3, 0.4) is 0 Å². The molecule has 6 heteroatoms. The minimum Gasteiger partial charge on any atom is -0.386 e. The van der Waals surface area contributed by atoms with Gasteiger partial charge >= 0.3 is 0 Å². The number of ether oxygens (including phenoxy) is 1. The van der Waals surface area contributed by atoms with Gasteiger partial charge in [0.15, 0.2) is 0 Å². The smallest absolute Gasteiger partial charge is 0.252 e. The Balaban J connectivity index is 1.99. The average molecular weight is 335 g/mol. The van der Waals surface area contributed by atoms with E-state index in [1.54, 1.807) is 18.2 Å². The first kappa shape index (κ1) is 13.8. The maximum Gasteiger partial charge on any atom is 0.252 e. The Kier molecular flexibility index (Phi) is 4.27. The van der Waals surface area contributed by atoms with Gasteiger partial charge in [0.2, 0.25) is 0 Å². The van der Waals surface area contributed by atoms with E-state index in [-0.39, 0.29) is 19.1 Å². The third kappa shape index (κ3) is 3.23. The molecule has 1 aromatic rings. The molecule has 1 aromatic carbocycles. The van der Waals surface area contributed by atoms with Crippen LogP contribution >= 0.6 is 27.5 Å². The van der Waals surface area contributed by atoms with Crippen LogP contribution in [0.2, 0.25) is 5.02 Å². The first-order valence-electron chi connectivity index (χ1n) is 5.54. The lowest BCUT2D eigenvalue weighted by Crippen LogP contribution is -2.43. The van der Waals surface area contributed by atoms with Gasteiger partial charge in [0, 0.05) is 24.0 Å². The molecule has 0 saturated carbocycles. The summed E-state index contributed by atoms with van der Waals surface area (Å²) >= 11 is 9.25. The van der Waals surface area contributed by atoms with Crippen molar-refractivity contribution >= 4 is 33.4 Å². The Morgan fingerprint density at radius 2 is 2.39 bits per heavy atom. The number of rotatable bonds is 3. The van der Waals surface area contributed by atoms with Crippen molar-refractivity contribution in [2.75, 3.05) is 19.8 Å². The van der Waals surface area contributed by atoms with Gasteiger partial charge in [-0.2, -0.15) is 0 Å². The van der Waals surface area contributed by atoms with Gasteiger partial charge in [0.25, 0.3) is 5.91 Å². The highest BCUT2D eigenvalue weighted by Gasteiger charge is 2.32. The second-order valence-electron chi connectivity index (χ2n) is 4.33. The lowest BCUT2D eigenvalue weighted by molar-refractivity contribution is 0.0264. The number of amides is 1. The minimum absolute atomic E-state index is 0.165. The zero-order chi connectivity index (χ0) is 13.2. The van der Waals surface area contributed by atoms with Crippen LogP contribution in [-0.4, -0.2) is 36.4 Å². The van der Waals surface area contributed by atoms with Crippen LogP contribution in [0.5, 0.6) is 0 Å². The molecule has 1 saturated heterocycles. The first-order valence-corrected chi connectivity index (χ1v) is 6.71. The molecule has 4 nitrogen and oxygen atoms in total. The Morgan fingerprint density at radius 1 is 1.61 bits per heavy atom. The zero-order valence-corrected chi connectivity index (χ0v) is 11.9. The molecule has 2 N–H and O–H groups in total. The van der Waals surface area contributed by atoms with Crippen molar-refractivity contribution < 1.29 is 14.6 Å². The fourth-order valence-electron chi connectivity index (χ4n) is 1.75. The number of aliphatic hydroxyl groups is 1. The molecule has 1 heterocycles. The monoisotopic (exact) mass is 333 g/mol. The number of carbonyl (C=O) groups is 1. The summed E-state index contributed by atoms with van der Waals surface area (Å²) in [6, 6.07) is 5.04. The van der Waals surface area contributed by atoms with E-state index < -0.39 is 5.60 Å². The summed E-state index contributed by atoms with van der Waals surface area (Å²) < 4.78 is 5.92. The highest BCUT2D eigenvalue weighted by molar-refractivity contribution is 9.10. The first-order chi connectivity index (χ1) is 8.50. The molecule has 1 amide bonds. The minimum atomic E-state index is -0.961. The van der Waals surface area contributed by atoms with E-state index in [4.69, 9.17) is 16.3 Å². The van der Waals surface area contributed by atoms with Crippen LogP contribution in [0.1, 0.15) is 16.8 Å². The molecule has 1 fully saturated rings. The van der Waals surface area contributed by atoms with Gasteiger partial charge < -0.3 is 15.2 Å². The van der Waals surface area contributed by atoms with E-state index in [1.807, 2.05) is 0 Å². The third-order valence-corrected chi connectivity index (χ3v) is 3.64. The fourth-order valence-corrected chi connectivity index (χ4v) is 2.51. The summed E-state index contributed by atoms with van der Waals surface area (Å²) in [5, 5.41) is 13.1. The molecule has 18 heavy (non-hydrogen) atoms. The van der Waals surface area contributed by atoms with Crippen LogP contribution in [0.4, 0.5) is 0 Å². The molecule has 2 rings (SSSR count). The number of benzene rings is 1. The predicted molar refractivity (Wildman–Crippen MR) is 71.9 cm³/mol. The van der Waals surface area contributed by atoms with Crippen molar-refractivity contribution in [3.8, 4) is 0 Å². The van der Waals surface area contributed by atoms with E-state index in [0.717, 1.165) is 4.47 Å². The van der Waals surface area contributed by atoms with E-state index in [2.05, 4.69) is 21.2 Å².